The lowest BCUT2D eigenvalue weighted by atomic mass is 10.1. The molecular weight excluding hydrogens is 246 g/mol. The van der Waals surface area contributed by atoms with Crippen LogP contribution >= 0.6 is 0 Å². The number of ketones is 1. The van der Waals surface area contributed by atoms with Crippen molar-refractivity contribution in [2.45, 2.75) is 6.42 Å². The maximum absolute atomic E-state index is 12.3. The molecule has 2 nitrogen and oxygen atoms in total. The molecule has 1 aliphatic carbocycles. The van der Waals surface area contributed by atoms with Crippen molar-refractivity contribution in [2.24, 2.45) is 0 Å². The fourth-order valence-corrected chi connectivity index (χ4v) is 2.88. The van der Waals surface area contributed by atoms with Crippen molar-refractivity contribution in [3.05, 3.63) is 71.4 Å². The van der Waals surface area contributed by atoms with Crippen LogP contribution in [-0.2, 0) is 11.2 Å². The Labute approximate surface area is 116 Å². The molecule has 1 aliphatic rings. The number of aromatic amines is 1. The molecule has 0 saturated heterocycles. The molecule has 0 amide bonds. The zero-order valence-electron chi connectivity index (χ0n) is 10.9. The Morgan fingerprint density at radius 2 is 1.70 bits per heavy atom. The molecule has 96 valence electrons. The van der Waals surface area contributed by atoms with Gasteiger partial charge in [0.1, 0.15) is 0 Å². The number of hydrogen-bond donors (Lipinski definition) is 1. The molecule has 0 aliphatic heterocycles. The van der Waals surface area contributed by atoms with Crippen LogP contribution in [0.5, 0.6) is 0 Å². The lowest BCUT2D eigenvalue weighted by Gasteiger charge is -1.98. The summed E-state index contributed by atoms with van der Waals surface area (Å²) in [5.74, 6) is 0.195. The molecule has 20 heavy (non-hydrogen) atoms. The molecule has 2 aromatic carbocycles. The molecule has 1 N–H and O–H groups in total. The Balaban J connectivity index is 1.92. The number of aromatic nitrogens is 1. The van der Waals surface area contributed by atoms with E-state index in [4.69, 9.17) is 0 Å². The van der Waals surface area contributed by atoms with Crippen molar-refractivity contribution in [3.63, 3.8) is 0 Å². The largest absolute Gasteiger partial charge is 0.354 e. The highest BCUT2D eigenvalue weighted by atomic mass is 16.1. The van der Waals surface area contributed by atoms with Crippen LogP contribution in [0.1, 0.15) is 16.8 Å². The van der Waals surface area contributed by atoms with Crippen molar-refractivity contribution in [1.29, 1.82) is 0 Å². The highest BCUT2D eigenvalue weighted by Gasteiger charge is 2.28. The third-order valence-corrected chi connectivity index (χ3v) is 3.83. The van der Waals surface area contributed by atoms with E-state index in [1.807, 2.05) is 48.5 Å². The molecule has 2 heteroatoms. The van der Waals surface area contributed by atoms with Crippen LogP contribution < -0.4 is 0 Å². The van der Waals surface area contributed by atoms with Gasteiger partial charge in [0.25, 0.3) is 0 Å². The summed E-state index contributed by atoms with van der Waals surface area (Å²) in [7, 11) is 0. The maximum atomic E-state index is 12.3. The monoisotopic (exact) mass is 259 g/mol. The van der Waals surface area contributed by atoms with Crippen molar-refractivity contribution in [1.82, 2.24) is 4.98 Å². The Bertz CT molecular complexity index is 840. The first-order valence-corrected chi connectivity index (χ1v) is 6.73. The molecule has 1 heterocycles. The molecule has 0 atom stereocenters. The average molecular weight is 259 g/mol. The van der Waals surface area contributed by atoms with Gasteiger partial charge in [0, 0.05) is 22.9 Å². The number of fused-ring (bicyclic) bond motifs is 3. The molecular formula is C18H13NO. The van der Waals surface area contributed by atoms with E-state index in [9.17, 15) is 4.79 Å². The minimum Gasteiger partial charge on any atom is -0.354 e. The number of rotatable bonds is 1. The van der Waals surface area contributed by atoms with Crippen LogP contribution in [0.4, 0.5) is 0 Å². The van der Waals surface area contributed by atoms with E-state index < -0.39 is 0 Å². The van der Waals surface area contributed by atoms with Crippen LogP contribution in [0.3, 0.4) is 0 Å². The summed E-state index contributed by atoms with van der Waals surface area (Å²) in [5, 5.41) is 1.16. The van der Waals surface area contributed by atoms with Crippen molar-refractivity contribution in [3.8, 4) is 0 Å². The molecule has 3 aromatic rings. The summed E-state index contributed by atoms with van der Waals surface area (Å²) in [4.78, 5) is 15.6. The summed E-state index contributed by atoms with van der Waals surface area (Å²) in [6.07, 6.45) is 2.47. The van der Waals surface area contributed by atoms with E-state index in [2.05, 4.69) is 17.1 Å². The summed E-state index contributed by atoms with van der Waals surface area (Å²) < 4.78 is 0. The first-order chi connectivity index (χ1) is 9.83. The number of H-pyrrole nitrogens is 1. The standard InChI is InChI=1S/C18H13NO/c20-17-11-14-13-8-4-5-9-16(13)19-18(14)15(17)10-12-6-2-1-3-7-12/h1-10,19H,11H2/b15-10-. The van der Waals surface area contributed by atoms with Crippen LogP contribution in [0.25, 0.3) is 22.6 Å². The van der Waals surface area contributed by atoms with Gasteiger partial charge in [-0.15, -0.1) is 0 Å². The number of carbonyl (C=O) groups excluding carboxylic acids is 1. The van der Waals surface area contributed by atoms with E-state index in [0.29, 0.717) is 6.42 Å². The van der Waals surface area contributed by atoms with Crippen molar-refractivity contribution in [2.75, 3.05) is 0 Å². The SMILES string of the molecule is O=C1Cc2c([nH]c3ccccc23)/C1=C\c1ccccc1. The number of benzene rings is 2. The van der Waals surface area contributed by atoms with Crippen LogP contribution in [0.15, 0.2) is 54.6 Å². The third kappa shape index (κ3) is 1.62. The number of Topliss-reactive ketones (excluding diaryl/α,β-unsaturated/α-hetero) is 1. The molecule has 0 bridgehead atoms. The Kier molecular flexibility index (Phi) is 2.36. The van der Waals surface area contributed by atoms with E-state index in [1.165, 1.54) is 0 Å². The van der Waals surface area contributed by atoms with Gasteiger partial charge >= 0.3 is 0 Å². The molecule has 0 unspecified atom stereocenters. The van der Waals surface area contributed by atoms with E-state index in [1.54, 1.807) is 0 Å². The quantitative estimate of drug-likeness (QED) is 0.662. The number of nitrogens with one attached hydrogen (secondary N) is 1. The first kappa shape index (κ1) is 11.2. The number of carbonyl (C=O) groups is 1. The molecule has 0 saturated carbocycles. The zero-order chi connectivity index (χ0) is 13.5. The smallest absolute Gasteiger partial charge is 0.169 e. The second kappa shape index (κ2) is 4.20. The fraction of sp³-hybridized carbons (Fsp3) is 0.0556. The lowest BCUT2D eigenvalue weighted by Crippen LogP contribution is -1.95. The van der Waals surface area contributed by atoms with Crippen LogP contribution in [0, 0.1) is 0 Å². The predicted octanol–water partition coefficient (Wildman–Crippen LogP) is 3.83. The van der Waals surface area contributed by atoms with E-state index in [-0.39, 0.29) is 5.78 Å². The summed E-state index contributed by atoms with van der Waals surface area (Å²) in [6, 6.07) is 18.1. The first-order valence-electron chi connectivity index (χ1n) is 6.73. The predicted molar refractivity (Wildman–Crippen MR) is 81.3 cm³/mol. The van der Waals surface area contributed by atoms with Gasteiger partial charge in [0.05, 0.1) is 5.69 Å². The van der Waals surface area contributed by atoms with Crippen molar-refractivity contribution >= 4 is 28.3 Å². The fourth-order valence-electron chi connectivity index (χ4n) is 2.88. The third-order valence-electron chi connectivity index (χ3n) is 3.83. The molecule has 0 spiro atoms. The summed E-state index contributed by atoms with van der Waals surface area (Å²) >= 11 is 0. The normalized spacial score (nSPS) is 16.0. The van der Waals surface area contributed by atoms with Crippen LogP contribution in [-0.4, -0.2) is 10.8 Å². The number of allylic oxidation sites excluding steroid dienone is 1. The molecule has 0 radical (unpaired) electrons. The molecule has 1 aromatic heterocycles. The van der Waals surface area contributed by atoms with Crippen molar-refractivity contribution < 1.29 is 4.79 Å². The van der Waals surface area contributed by atoms with Gasteiger partial charge in [0.2, 0.25) is 0 Å². The van der Waals surface area contributed by atoms with Gasteiger partial charge in [-0.05, 0) is 23.3 Å². The van der Waals surface area contributed by atoms with Gasteiger partial charge < -0.3 is 4.98 Å². The van der Waals surface area contributed by atoms with Gasteiger partial charge in [0.15, 0.2) is 5.78 Å². The molecule has 0 fully saturated rings. The minimum atomic E-state index is 0.195. The number of hydrogen-bond acceptors (Lipinski definition) is 1. The zero-order valence-corrected chi connectivity index (χ0v) is 10.9. The highest BCUT2D eigenvalue weighted by Crippen LogP contribution is 2.35. The Morgan fingerprint density at radius 3 is 2.55 bits per heavy atom. The van der Waals surface area contributed by atoms with E-state index >= 15 is 0 Å². The van der Waals surface area contributed by atoms with Gasteiger partial charge in [-0.3, -0.25) is 4.79 Å². The molecule has 4 rings (SSSR count). The Hall–Kier alpha value is -2.61. The topological polar surface area (TPSA) is 32.9 Å². The highest BCUT2D eigenvalue weighted by molar-refractivity contribution is 6.30. The summed E-state index contributed by atoms with van der Waals surface area (Å²) in [6.45, 7) is 0. The second-order valence-electron chi connectivity index (χ2n) is 5.09. The number of para-hydroxylation sites is 1. The minimum absolute atomic E-state index is 0.195. The van der Waals surface area contributed by atoms with Crippen LogP contribution in [0.2, 0.25) is 0 Å². The average Bonchev–Trinajstić information content (AvgIpc) is 2.98. The van der Waals surface area contributed by atoms with Gasteiger partial charge in [-0.1, -0.05) is 48.5 Å². The Morgan fingerprint density at radius 1 is 0.950 bits per heavy atom. The van der Waals surface area contributed by atoms with Gasteiger partial charge in [-0.2, -0.15) is 0 Å². The maximum Gasteiger partial charge on any atom is 0.169 e. The van der Waals surface area contributed by atoms with E-state index in [0.717, 1.165) is 33.3 Å². The second-order valence-corrected chi connectivity index (χ2v) is 5.09. The summed E-state index contributed by atoms with van der Waals surface area (Å²) in [5.41, 5.74) is 5.07. The lowest BCUT2D eigenvalue weighted by molar-refractivity contribution is -0.112. The van der Waals surface area contributed by atoms with Gasteiger partial charge in [-0.25, -0.2) is 0 Å².